The third kappa shape index (κ3) is 10.2. The van der Waals surface area contributed by atoms with Crippen molar-refractivity contribution in [2.45, 2.75) is 76.2 Å². The minimum absolute atomic E-state index is 0.00333. The van der Waals surface area contributed by atoms with Gasteiger partial charge in [0.25, 0.3) is 0 Å². The number of aromatic nitrogens is 1. The van der Waals surface area contributed by atoms with Gasteiger partial charge in [0.2, 0.25) is 11.8 Å². The Morgan fingerprint density at radius 2 is 1.62 bits per heavy atom. The Kier molecular flexibility index (Phi) is 13.2. The van der Waals surface area contributed by atoms with Crippen molar-refractivity contribution >= 4 is 23.6 Å². The van der Waals surface area contributed by atoms with Crippen LogP contribution in [0, 0.1) is 5.92 Å². The highest BCUT2D eigenvalue weighted by Gasteiger charge is 2.38. The number of nitrogens with zero attached hydrogens (tertiary/aromatic N) is 1. The maximum Gasteiger partial charge on any atom is 0.220 e. The summed E-state index contributed by atoms with van der Waals surface area (Å²) in [5, 5.41) is 16.3. The molecule has 1 aromatic heterocycles. The minimum atomic E-state index is -0.543. The molecular weight excluding hydrogens is 623 g/mol. The van der Waals surface area contributed by atoms with Gasteiger partial charge in [-0.05, 0) is 58.9 Å². The second-order valence-corrected chi connectivity index (χ2v) is 13.2. The quantitative estimate of drug-likeness (QED) is 0.0914. The van der Waals surface area contributed by atoms with Gasteiger partial charge in [-0.25, -0.2) is 4.98 Å². The molecule has 252 valence electrons. The van der Waals surface area contributed by atoms with E-state index in [4.69, 9.17) is 9.47 Å². The van der Waals surface area contributed by atoms with Gasteiger partial charge in [-0.15, -0.1) is 11.8 Å². The molecule has 1 fully saturated rings. The van der Waals surface area contributed by atoms with Gasteiger partial charge in [0.1, 0.15) is 0 Å². The Labute approximate surface area is 287 Å². The van der Waals surface area contributed by atoms with E-state index in [-0.39, 0.29) is 36.5 Å². The number of hydrogen-bond acceptors (Lipinski definition) is 7. The lowest BCUT2D eigenvalue weighted by molar-refractivity contribution is -0.268. The molecule has 0 aliphatic carbocycles. The number of pyridine rings is 1. The van der Waals surface area contributed by atoms with Crippen LogP contribution >= 0.6 is 11.8 Å². The van der Waals surface area contributed by atoms with Gasteiger partial charge < -0.3 is 25.2 Å². The standard InChI is InChI=1S/C39H45N3O5S/c1-27-35(26-48-37-12-5-7-22-41-37)46-39(47-38(27)32-15-13-29(25-43)14-16-32)33-19-17-31(18-20-33)34-10-8-9-30(23-34)24-42-36(45)11-4-3-6-21-40-28(2)44/h5,7-10,12-20,22-23,27,35,38-39,43H,3-4,6,11,21,24-26H2,1-2H3,(H,40,44)(H,42,45)/t27-,35+,38+,39+/m1/s1. The van der Waals surface area contributed by atoms with E-state index >= 15 is 0 Å². The Bertz CT molecular complexity index is 1600. The fraction of sp³-hybridized carbons (Fsp3) is 0.359. The molecule has 1 saturated heterocycles. The number of aliphatic hydroxyl groups excluding tert-OH is 1. The van der Waals surface area contributed by atoms with Crippen molar-refractivity contribution in [2.75, 3.05) is 12.3 Å². The van der Waals surface area contributed by atoms with Gasteiger partial charge in [0, 0.05) is 49.9 Å². The van der Waals surface area contributed by atoms with Crippen molar-refractivity contribution in [3.63, 3.8) is 0 Å². The lowest BCUT2D eigenvalue weighted by Gasteiger charge is -2.41. The van der Waals surface area contributed by atoms with Crippen LogP contribution in [-0.2, 0) is 32.2 Å². The zero-order valence-corrected chi connectivity index (χ0v) is 28.5. The molecule has 4 aromatic rings. The van der Waals surface area contributed by atoms with Crippen molar-refractivity contribution in [1.29, 1.82) is 0 Å². The highest BCUT2D eigenvalue weighted by atomic mass is 32.2. The number of amides is 2. The van der Waals surface area contributed by atoms with E-state index in [9.17, 15) is 14.7 Å². The molecular formula is C39H45N3O5S. The lowest BCUT2D eigenvalue weighted by Crippen LogP contribution is -2.38. The summed E-state index contributed by atoms with van der Waals surface area (Å²) in [6.45, 7) is 4.80. The van der Waals surface area contributed by atoms with Crippen molar-refractivity contribution in [2.24, 2.45) is 5.92 Å². The average Bonchev–Trinajstić information content (AvgIpc) is 3.12. The first-order chi connectivity index (χ1) is 23.4. The largest absolute Gasteiger partial charge is 0.392 e. The fourth-order valence-corrected chi connectivity index (χ4v) is 6.77. The molecule has 0 saturated carbocycles. The monoisotopic (exact) mass is 667 g/mol. The number of benzene rings is 3. The molecule has 8 nitrogen and oxygen atoms in total. The molecule has 48 heavy (non-hydrogen) atoms. The SMILES string of the molecule is CC(=O)NCCCCCC(=O)NCc1cccc(-c2ccc([C@H]3O[C@@H](CSc4ccccn4)[C@@H](C)[C@@H](c4ccc(CO)cc4)O3)cc2)c1. The normalized spacial score (nSPS) is 19.1. The number of hydrogen-bond donors (Lipinski definition) is 3. The van der Waals surface area contributed by atoms with E-state index in [0.29, 0.717) is 19.5 Å². The first-order valence-corrected chi connectivity index (χ1v) is 17.6. The number of ether oxygens (including phenoxy) is 2. The van der Waals surface area contributed by atoms with E-state index in [1.807, 2.05) is 54.6 Å². The number of carbonyl (C=O) groups is 2. The fourth-order valence-electron chi connectivity index (χ4n) is 5.74. The first kappa shape index (κ1) is 35.3. The van der Waals surface area contributed by atoms with Crippen LogP contribution < -0.4 is 10.6 Å². The number of rotatable bonds is 15. The van der Waals surface area contributed by atoms with Crippen LogP contribution in [0.2, 0.25) is 0 Å². The van der Waals surface area contributed by atoms with Gasteiger partial charge in [-0.2, -0.15) is 0 Å². The lowest BCUT2D eigenvalue weighted by atomic mass is 9.91. The summed E-state index contributed by atoms with van der Waals surface area (Å²) in [7, 11) is 0. The minimum Gasteiger partial charge on any atom is -0.392 e. The second-order valence-electron chi connectivity index (χ2n) is 12.2. The van der Waals surface area contributed by atoms with Gasteiger partial charge >= 0.3 is 0 Å². The second kappa shape index (κ2) is 17.9. The molecule has 0 bridgehead atoms. The highest BCUT2D eigenvalue weighted by Crippen LogP contribution is 2.43. The van der Waals surface area contributed by atoms with E-state index < -0.39 is 6.29 Å². The Hall–Kier alpha value is -4.02. The van der Waals surface area contributed by atoms with E-state index in [1.165, 1.54) is 6.92 Å². The van der Waals surface area contributed by atoms with E-state index in [1.54, 1.807) is 18.0 Å². The van der Waals surface area contributed by atoms with Crippen LogP contribution in [0.25, 0.3) is 11.1 Å². The molecule has 0 unspecified atom stereocenters. The van der Waals surface area contributed by atoms with Crippen LogP contribution in [0.15, 0.2) is 102 Å². The predicted octanol–water partition coefficient (Wildman–Crippen LogP) is 7.14. The Balaban J connectivity index is 1.22. The van der Waals surface area contributed by atoms with Crippen molar-refractivity contribution in [1.82, 2.24) is 15.6 Å². The summed E-state index contributed by atoms with van der Waals surface area (Å²) < 4.78 is 13.2. The van der Waals surface area contributed by atoms with Crippen molar-refractivity contribution in [3.8, 4) is 11.1 Å². The molecule has 4 atom stereocenters. The van der Waals surface area contributed by atoms with Gasteiger partial charge in [-0.3, -0.25) is 9.59 Å². The number of aliphatic hydroxyl groups is 1. The summed E-state index contributed by atoms with van der Waals surface area (Å²) in [6, 6.07) is 30.4. The van der Waals surface area contributed by atoms with E-state index in [0.717, 1.165) is 63.4 Å². The van der Waals surface area contributed by atoms with Gasteiger partial charge in [0.15, 0.2) is 6.29 Å². The van der Waals surface area contributed by atoms with Crippen LogP contribution in [0.1, 0.15) is 74.2 Å². The molecule has 1 aliphatic rings. The van der Waals surface area contributed by atoms with Gasteiger partial charge in [0.05, 0.1) is 23.8 Å². The summed E-state index contributed by atoms with van der Waals surface area (Å²) >= 11 is 1.68. The van der Waals surface area contributed by atoms with Crippen molar-refractivity contribution in [3.05, 3.63) is 119 Å². The van der Waals surface area contributed by atoms with Crippen molar-refractivity contribution < 1.29 is 24.2 Å². The Morgan fingerprint density at radius 1 is 0.833 bits per heavy atom. The number of nitrogens with one attached hydrogen (secondary N) is 2. The smallest absolute Gasteiger partial charge is 0.220 e. The number of carbonyl (C=O) groups excluding carboxylic acids is 2. The van der Waals surface area contributed by atoms with Crippen LogP contribution in [0.5, 0.6) is 0 Å². The molecule has 0 radical (unpaired) electrons. The van der Waals surface area contributed by atoms with Crippen LogP contribution in [0.4, 0.5) is 0 Å². The summed E-state index contributed by atoms with van der Waals surface area (Å²) in [5.74, 6) is 0.841. The number of thioether (sulfide) groups is 1. The summed E-state index contributed by atoms with van der Waals surface area (Å²) in [6.07, 6.45) is 4.05. The third-order valence-electron chi connectivity index (χ3n) is 8.54. The number of unbranched alkanes of at least 4 members (excludes halogenated alkanes) is 2. The summed E-state index contributed by atoms with van der Waals surface area (Å²) in [4.78, 5) is 27.8. The summed E-state index contributed by atoms with van der Waals surface area (Å²) in [5.41, 5.74) is 6.03. The topological polar surface area (TPSA) is 110 Å². The molecule has 3 N–H and O–H groups in total. The van der Waals surface area contributed by atoms with Crippen LogP contribution in [0.3, 0.4) is 0 Å². The molecule has 3 aromatic carbocycles. The van der Waals surface area contributed by atoms with Gasteiger partial charge in [-0.1, -0.05) is 86.1 Å². The predicted molar refractivity (Wildman–Crippen MR) is 189 cm³/mol. The van der Waals surface area contributed by atoms with E-state index in [2.05, 4.69) is 58.9 Å². The first-order valence-electron chi connectivity index (χ1n) is 16.6. The molecule has 2 amide bonds. The highest BCUT2D eigenvalue weighted by molar-refractivity contribution is 7.99. The maximum absolute atomic E-state index is 12.4. The van der Waals surface area contributed by atoms with Crippen LogP contribution in [-0.4, -0.2) is 40.3 Å². The third-order valence-corrected chi connectivity index (χ3v) is 9.58. The molecule has 9 heteroatoms. The maximum atomic E-state index is 12.4. The molecule has 1 aliphatic heterocycles. The molecule has 0 spiro atoms. The zero-order valence-electron chi connectivity index (χ0n) is 27.6. The molecule has 5 rings (SSSR count). The Morgan fingerprint density at radius 3 is 2.35 bits per heavy atom. The molecule has 2 heterocycles. The average molecular weight is 668 g/mol. The zero-order chi connectivity index (χ0) is 33.7.